The van der Waals surface area contributed by atoms with Crippen LogP contribution in [0.4, 0.5) is 5.69 Å². The second-order valence-electron chi connectivity index (χ2n) is 4.90. The van der Waals surface area contributed by atoms with E-state index in [-0.39, 0.29) is 11.8 Å². The number of carbonyl (C=O) groups excluding carboxylic acids is 1. The first-order valence-electron chi connectivity index (χ1n) is 6.24. The number of amides is 1. The first kappa shape index (κ1) is 14.0. The zero-order chi connectivity index (χ0) is 14.0. The third-order valence-corrected chi connectivity index (χ3v) is 3.84. The smallest absolute Gasteiger partial charge is 0.241 e. The molecule has 100 valence electrons. The lowest BCUT2D eigenvalue weighted by Crippen LogP contribution is -2.39. The van der Waals surface area contributed by atoms with Crippen LogP contribution < -0.4 is 11.1 Å². The maximum absolute atomic E-state index is 12.0. The molecule has 0 saturated heterocycles. The number of nitrogens with one attached hydrogen (secondary N) is 1. The summed E-state index contributed by atoms with van der Waals surface area (Å²) in [4.78, 5) is 12.0. The number of halogens is 1. The third kappa shape index (κ3) is 2.96. The highest BCUT2D eigenvalue weighted by atomic mass is 79.9. The molecule has 1 atom stereocenters. The Morgan fingerprint density at radius 2 is 1.79 bits per heavy atom. The van der Waals surface area contributed by atoms with Crippen molar-refractivity contribution >= 4 is 38.3 Å². The van der Waals surface area contributed by atoms with Gasteiger partial charge >= 0.3 is 0 Å². The maximum atomic E-state index is 12.0. The highest BCUT2D eigenvalue weighted by Crippen LogP contribution is 2.30. The average Bonchev–Trinajstić information content (AvgIpc) is 2.41. The fourth-order valence-electron chi connectivity index (χ4n) is 1.89. The van der Waals surface area contributed by atoms with Crippen LogP contribution in [0.2, 0.25) is 0 Å². The van der Waals surface area contributed by atoms with Gasteiger partial charge in [0.15, 0.2) is 0 Å². The molecule has 0 aliphatic heterocycles. The van der Waals surface area contributed by atoms with Crippen molar-refractivity contribution in [1.82, 2.24) is 0 Å². The summed E-state index contributed by atoms with van der Waals surface area (Å²) in [5, 5.41) is 4.98. The second kappa shape index (κ2) is 5.72. The van der Waals surface area contributed by atoms with Crippen LogP contribution >= 0.6 is 15.9 Å². The molecule has 0 saturated carbocycles. The van der Waals surface area contributed by atoms with Gasteiger partial charge in [-0.3, -0.25) is 4.79 Å². The van der Waals surface area contributed by atoms with Crippen molar-refractivity contribution < 1.29 is 4.79 Å². The molecule has 0 spiro atoms. The van der Waals surface area contributed by atoms with Gasteiger partial charge in [-0.25, -0.2) is 0 Å². The van der Waals surface area contributed by atoms with E-state index in [4.69, 9.17) is 5.73 Å². The van der Waals surface area contributed by atoms with Gasteiger partial charge in [-0.1, -0.05) is 54.0 Å². The van der Waals surface area contributed by atoms with Crippen LogP contribution in [0.5, 0.6) is 0 Å². The summed E-state index contributed by atoms with van der Waals surface area (Å²) in [7, 11) is 0. The first-order valence-corrected chi connectivity index (χ1v) is 7.03. The van der Waals surface area contributed by atoms with Crippen LogP contribution in [0, 0.1) is 5.92 Å². The number of rotatable bonds is 3. The van der Waals surface area contributed by atoms with Gasteiger partial charge in [-0.2, -0.15) is 0 Å². The van der Waals surface area contributed by atoms with E-state index in [1.165, 1.54) is 0 Å². The molecule has 1 amide bonds. The highest BCUT2D eigenvalue weighted by Gasteiger charge is 2.18. The number of hydrogen-bond donors (Lipinski definition) is 2. The van der Waals surface area contributed by atoms with Crippen molar-refractivity contribution in [3.8, 4) is 0 Å². The van der Waals surface area contributed by atoms with E-state index < -0.39 is 6.04 Å². The Morgan fingerprint density at radius 3 is 2.42 bits per heavy atom. The van der Waals surface area contributed by atoms with Crippen molar-refractivity contribution in [1.29, 1.82) is 0 Å². The quantitative estimate of drug-likeness (QED) is 0.909. The number of benzene rings is 2. The Bertz CT molecular complexity index is 610. The average molecular weight is 321 g/mol. The summed E-state index contributed by atoms with van der Waals surface area (Å²) in [5.41, 5.74) is 6.65. The molecule has 0 radical (unpaired) electrons. The summed E-state index contributed by atoms with van der Waals surface area (Å²) in [5.74, 6) is -0.0378. The van der Waals surface area contributed by atoms with Crippen molar-refractivity contribution in [3.63, 3.8) is 0 Å². The molecule has 0 fully saturated rings. The largest absolute Gasteiger partial charge is 0.324 e. The molecule has 0 aliphatic carbocycles. The Morgan fingerprint density at radius 1 is 1.16 bits per heavy atom. The Balaban J connectivity index is 2.36. The van der Waals surface area contributed by atoms with E-state index in [0.29, 0.717) is 0 Å². The van der Waals surface area contributed by atoms with Gasteiger partial charge in [0.2, 0.25) is 5.91 Å². The molecule has 1 unspecified atom stereocenters. The lowest BCUT2D eigenvalue weighted by molar-refractivity contribution is -0.118. The summed E-state index contributed by atoms with van der Waals surface area (Å²) in [6, 6.07) is 11.2. The van der Waals surface area contributed by atoms with Gasteiger partial charge in [0.25, 0.3) is 0 Å². The fourth-order valence-corrected chi connectivity index (χ4v) is 2.37. The van der Waals surface area contributed by atoms with Crippen LogP contribution in [-0.4, -0.2) is 11.9 Å². The molecular formula is C15H17BrN2O. The lowest BCUT2D eigenvalue weighted by Gasteiger charge is -2.16. The van der Waals surface area contributed by atoms with Crippen molar-refractivity contribution in [2.45, 2.75) is 19.9 Å². The van der Waals surface area contributed by atoms with E-state index in [2.05, 4.69) is 21.2 Å². The van der Waals surface area contributed by atoms with E-state index in [1.54, 1.807) is 0 Å². The normalized spacial score (nSPS) is 12.7. The predicted molar refractivity (Wildman–Crippen MR) is 83.1 cm³/mol. The molecule has 19 heavy (non-hydrogen) atoms. The second-order valence-corrected chi connectivity index (χ2v) is 5.75. The van der Waals surface area contributed by atoms with Crippen LogP contribution in [0.3, 0.4) is 0 Å². The Hall–Kier alpha value is -1.39. The molecule has 0 aliphatic rings. The number of carbonyl (C=O) groups is 1. The summed E-state index contributed by atoms with van der Waals surface area (Å²) in [6.45, 7) is 3.87. The standard InChI is InChI=1S/C15H17BrN2O/c1-9(2)14(17)15(19)18-13-8-7-12(16)10-5-3-4-6-11(10)13/h3-9,14H,17H2,1-2H3,(H,18,19). The van der Waals surface area contributed by atoms with Crippen LogP contribution in [0.1, 0.15) is 13.8 Å². The number of anilines is 1. The zero-order valence-electron chi connectivity index (χ0n) is 11.0. The van der Waals surface area contributed by atoms with Crippen molar-refractivity contribution in [3.05, 3.63) is 40.9 Å². The Labute approximate surface area is 121 Å². The minimum atomic E-state index is -0.498. The zero-order valence-corrected chi connectivity index (χ0v) is 12.6. The molecule has 0 bridgehead atoms. The third-order valence-electron chi connectivity index (χ3n) is 3.15. The molecule has 3 nitrogen and oxygen atoms in total. The van der Waals surface area contributed by atoms with Gasteiger partial charge in [-0.15, -0.1) is 0 Å². The number of nitrogens with two attached hydrogens (primary N) is 1. The molecule has 3 N–H and O–H groups in total. The van der Waals surface area contributed by atoms with Crippen molar-refractivity contribution in [2.24, 2.45) is 11.7 Å². The summed E-state index contributed by atoms with van der Waals surface area (Å²) in [6.07, 6.45) is 0. The van der Waals surface area contributed by atoms with Crippen LogP contribution in [-0.2, 0) is 4.79 Å². The van der Waals surface area contributed by atoms with Crippen LogP contribution in [0.15, 0.2) is 40.9 Å². The lowest BCUT2D eigenvalue weighted by atomic mass is 10.0. The molecular weight excluding hydrogens is 304 g/mol. The van der Waals surface area contributed by atoms with E-state index in [1.807, 2.05) is 50.2 Å². The Kier molecular flexibility index (Phi) is 4.22. The highest BCUT2D eigenvalue weighted by molar-refractivity contribution is 9.10. The van der Waals surface area contributed by atoms with Gasteiger partial charge in [0.1, 0.15) is 0 Å². The minimum absolute atomic E-state index is 0.113. The topological polar surface area (TPSA) is 55.1 Å². The SMILES string of the molecule is CC(C)C(N)C(=O)Nc1ccc(Br)c2ccccc12. The molecule has 0 heterocycles. The molecule has 2 aromatic rings. The van der Waals surface area contributed by atoms with E-state index in [0.717, 1.165) is 20.9 Å². The van der Waals surface area contributed by atoms with E-state index >= 15 is 0 Å². The molecule has 2 rings (SSSR count). The molecule has 0 aromatic heterocycles. The van der Waals surface area contributed by atoms with Gasteiger partial charge in [0, 0.05) is 15.5 Å². The monoisotopic (exact) mass is 320 g/mol. The fraction of sp³-hybridized carbons (Fsp3) is 0.267. The summed E-state index contributed by atoms with van der Waals surface area (Å²) < 4.78 is 1.01. The summed E-state index contributed by atoms with van der Waals surface area (Å²) >= 11 is 3.51. The first-order chi connectivity index (χ1) is 9.00. The van der Waals surface area contributed by atoms with Gasteiger partial charge in [0.05, 0.1) is 6.04 Å². The van der Waals surface area contributed by atoms with E-state index in [9.17, 15) is 4.79 Å². The number of fused-ring (bicyclic) bond motifs is 1. The van der Waals surface area contributed by atoms with Gasteiger partial charge in [-0.05, 0) is 23.4 Å². The number of hydrogen-bond acceptors (Lipinski definition) is 2. The van der Waals surface area contributed by atoms with Crippen LogP contribution in [0.25, 0.3) is 10.8 Å². The predicted octanol–water partition coefficient (Wildman–Crippen LogP) is 3.52. The molecule has 4 heteroatoms. The van der Waals surface area contributed by atoms with Gasteiger partial charge < -0.3 is 11.1 Å². The molecule has 2 aromatic carbocycles. The maximum Gasteiger partial charge on any atom is 0.241 e. The van der Waals surface area contributed by atoms with Crippen molar-refractivity contribution in [2.75, 3.05) is 5.32 Å². The minimum Gasteiger partial charge on any atom is -0.324 e.